The van der Waals surface area contributed by atoms with E-state index in [-0.39, 0.29) is 23.8 Å². The molecular formula is C14H11F3N2O4. The van der Waals surface area contributed by atoms with E-state index < -0.39 is 12.3 Å². The van der Waals surface area contributed by atoms with E-state index >= 15 is 0 Å². The van der Waals surface area contributed by atoms with Crippen LogP contribution in [0.5, 0.6) is 11.5 Å². The summed E-state index contributed by atoms with van der Waals surface area (Å²) in [5, 5.41) is 0. The minimum absolute atomic E-state index is 0.0378. The molecule has 0 aliphatic rings. The molecule has 1 aromatic heterocycles. The minimum Gasteiger partial charge on any atom is -0.487 e. The third kappa shape index (κ3) is 5.13. The van der Waals surface area contributed by atoms with Gasteiger partial charge in [-0.15, -0.1) is 13.2 Å². The molecule has 0 spiro atoms. The summed E-state index contributed by atoms with van der Waals surface area (Å²) in [6, 6.07) is 5.09. The SMILES string of the molecule is COC(=O)c1cnc(COc2cccc(OC(F)(F)F)c2)cn1. The van der Waals surface area contributed by atoms with Crippen molar-refractivity contribution in [3.8, 4) is 11.5 Å². The monoisotopic (exact) mass is 328 g/mol. The molecule has 0 fully saturated rings. The van der Waals surface area contributed by atoms with Gasteiger partial charge in [0, 0.05) is 6.07 Å². The molecule has 122 valence electrons. The van der Waals surface area contributed by atoms with E-state index in [4.69, 9.17) is 4.74 Å². The standard InChI is InChI=1S/C14H11F3N2O4/c1-21-13(20)12-7-18-9(6-19-12)8-22-10-3-2-4-11(5-10)23-14(15,16)17/h2-7H,8H2,1H3. The molecule has 0 bridgehead atoms. The predicted octanol–water partition coefficient (Wildman–Crippen LogP) is 2.74. The van der Waals surface area contributed by atoms with E-state index in [1.54, 1.807) is 0 Å². The van der Waals surface area contributed by atoms with Gasteiger partial charge in [-0.25, -0.2) is 9.78 Å². The highest BCUT2D eigenvalue weighted by Gasteiger charge is 2.31. The number of carbonyl (C=O) groups excluding carboxylic acids is 1. The topological polar surface area (TPSA) is 70.5 Å². The number of ether oxygens (including phenoxy) is 3. The van der Waals surface area contributed by atoms with Gasteiger partial charge in [0.25, 0.3) is 0 Å². The third-order valence-electron chi connectivity index (χ3n) is 2.53. The predicted molar refractivity (Wildman–Crippen MR) is 70.8 cm³/mol. The lowest BCUT2D eigenvalue weighted by Gasteiger charge is -2.10. The van der Waals surface area contributed by atoms with Crippen molar-refractivity contribution in [1.82, 2.24) is 9.97 Å². The van der Waals surface area contributed by atoms with Crippen LogP contribution >= 0.6 is 0 Å². The van der Waals surface area contributed by atoms with Gasteiger partial charge in [-0.05, 0) is 12.1 Å². The van der Waals surface area contributed by atoms with Crippen LogP contribution in [0.1, 0.15) is 16.2 Å². The Hall–Kier alpha value is -2.84. The van der Waals surface area contributed by atoms with Crippen molar-refractivity contribution in [3.63, 3.8) is 0 Å². The number of aromatic nitrogens is 2. The van der Waals surface area contributed by atoms with Gasteiger partial charge in [0.2, 0.25) is 0 Å². The van der Waals surface area contributed by atoms with E-state index in [9.17, 15) is 18.0 Å². The van der Waals surface area contributed by atoms with Gasteiger partial charge >= 0.3 is 12.3 Å². The fourth-order valence-corrected chi connectivity index (χ4v) is 1.56. The minimum atomic E-state index is -4.77. The fraction of sp³-hybridized carbons (Fsp3) is 0.214. The number of esters is 1. The molecule has 0 aliphatic heterocycles. The van der Waals surface area contributed by atoms with Crippen LogP contribution < -0.4 is 9.47 Å². The lowest BCUT2D eigenvalue weighted by Crippen LogP contribution is -2.17. The highest BCUT2D eigenvalue weighted by molar-refractivity contribution is 5.86. The molecule has 0 amide bonds. The summed E-state index contributed by atoms with van der Waals surface area (Å²) in [5.74, 6) is -0.838. The summed E-state index contributed by atoms with van der Waals surface area (Å²) >= 11 is 0. The molecule has 0 unspecified atom stereocenters. The average Bonchev–Trinajstić information content (AvgIpc) is 2.51. The second kappa shape index (κ2) is 6.95. The van der Waals surface area contributed by atoms with Gasteiger partial charge in [0.1, 0.15) is 18.1 Å². The number of hydrogen-bond donors (Lipinski definition) is 0. The van der Waals surface area contributed by atoms with Crippen LogP contribution in [0.4, 0.5) is 13.2 Å². The zero-order chi connectivity index (χ0) is 16.9. The summed E-state index contributed by atoms with van der Waals surface area (Å²) in [6.07, 6.45) is -2.25. The fourth-order valence-electron chi connectivity index (χ4n) is 1.56. The summed E-state index contributed by atoms with van der Waals surface area (Å²) in [7, 11) is 1.22. The van der Waals surface area contributed by atoms with Gasteiger partial charge in [-0.1, -0.05) is 6.07 Å². The molecule has 6 nitrogen and oxygen atoms in total. The lowest BCUT2D eigenvalue weighted by atomic mass is 10.3. The van der Waals surface area contributed by atoms with Crippen molar-refractivity contribution >= 4 is 5.97 Å². The summed E-state index contributed by atoms with van der Waals surface area (Å²) in [4.78, 5) is 19.0. The molecule has 1 heterocycles. The molecule has 0 N–H and O–H groups in total. The second-order valence-corrected chi connectivity index (χ2v) is 4.20. The molecule has 2 aromatic rings. The van der Waals surface area contributed by atoms with Crippen LogP contribution in [-0.4, -0.2) is 29.4 Å². The zero-order valence-corrected chi connectivity index (χ0v) is 11.8. The van der Waals surface area contributed by atoms with Crippen LogP contribution in [0.3, 0.4) is 0 Å². The van der Waals surface area contributed by atoms with E-state index in [1.807, 2.05) is 0 Å². The molecule has 9 heteroatoms. The maximum absolute atomic E-state index is 12.1. The number of carbonyl (C=O) groups is 1. The molecular weight excluding hydrogens is 317 g/mol. The number of hydrogen-bond acceptors (Lipinski definition) is 6. The Morgan fingerprint density at radius 2 is 1.91 bits per heavy atom. The molecule has 23 heavy (non-hydrogen) atoms. The number of alkyl halides is 3. The van der Waals surface area contributed by atoms with Gasteiger partial charge in [-0.2, -0.15) is 0 Å². The first kappa shape index (κ1) is 16.5. The van der Waals surface area contributed by atoms with E-state index in [1.165, 1.54) is 31.6 Å². The number of rotatable bonds is 5. The Bertz CT molecular complexity index is 674. The Balaban J connectivity index is 1.98. The summed E-state index contributed by atoms with van der Waals surface area (Å²) in [5.41, 5.74) is 0.427. The van der Waals surface area contributed by atoms with Crippen LogP contribution in [0.2, 0.25) is 0 Å². The lowest BCUT2D eigenvalue weighted by molar-refractivity contribution is -0.274. The van der Waals surface area contributed by atoms with Crippen LogP contribution in [0.25, 0.3) is 0 Å². The van der Waals surface area contributed by atoms with Crippen molar-refractivity contribution in [2.24, 2.45) is 0 Å². The van der Waals surface area contributed by atoms with Crippen LogP contribution in [-0.2, 0) is 11.3 Å². The first-order valence-corrected chi connectivity index (χ1v) is 6.25. The van der Waals surface area contributed by atoms with Gasteiger partial charge < -0.3 is 14.2 Å². The van der Waals surface area contributed by atoms with Gasteiger partial charge in [-0.3, -0.25) is 4.98 Å². The summed E-state index contributed by atoms with van der Waals surface area (Å²) < 4.78 is 50.0. The zero-order valence-electron chi connectivity index (χ0n) is 11.8. The van der Waals surface area contributed by atoms with Gasteiger partial charge in [0.05, 0.1) is 25.2 Å². The number of methoxy groups -OCH3 is 1. The highest BCUT2D eigenvalue weighted by atomic mass is 19.4. The average molecular weight is 328 g/mol. The first-order valence-electron chi connectivity index (χ1n) is 6.25. The van der Waals surface area contributed by atoms with E-state index in [0.29, 0.717) is 5.69 Å². The van der Waals surface area contributed by atoms with E-state index in [2.05, 4.69) is 19.4 Å². The number of nitrogens with zero attached hydrogens (tertiary/aromatic N) is 2. The Morgan fingerprint density at radius 3 is 2.52 bits per heavy atom. The quantitative estimate of drug-likeness (QED) is 0.786. The number of halogens is 3. The molecule has 1 aromatic carbocycles. The molecule has 0 saturated carbocycles. The van der Waals surface area contributed by atoms with Crippen molar-refractivity contribution in [2.75, 3.05) is 7.11 Å². The van der Waals surface area contributed by atoms with Crippen molar-refractivity contribution in [3.05, 3.63) is 48.0 Å². The maximum atomic E-state index is 12.1. The molecule has 0 radical (unpaired) electrons. The molecule has 0 aliphatic carbocycles. The van der Waals surface area contributed by atoms with Crippen molar-refractivity contribution < 1.29 is 32.2 Å². The van der Waals surface area contributed by atoms with E-state index in [0.717, 1.165) is 12.1 Å². The van der Waals surface area contributed by atoms with Crippen LogP contribution in [0.15, 0.2) is 36.7 Å². The first-order chi connectivity index (χ1) is 10.9. The summed E-state index contributed by atoms with van der Waals surface area (Å²) in [6.45, 7) is -0.0378. The normalized spacial score (nSPS) is 11.0. The Morgan fingerprint density at radius 1 is 1.17 bits per heavy atom. The smallest absolute Gasteiger partial charge is 0.487 e. The largest absolute Gasteiger partial charge is 0.573 e. The number of benzene rings is 1. The Kier molecular flexibility index (Phi) is 4.99. The molecule has 0 saturated heterocycles. The van der Waals surface area contributed by atoms with Crippen molar-refractivity contribution in [1.29, 1.82) is 0 Å². The highest BCUT2D eigenvalue weighted by Crippen LogP contribution is 2.26. The van der Waals surface area contributed by atoms with Gasteiger partial charge in [0.15, 0.2) is 5.69 Å². The van der Waals surface area contributed by atoms with Crippen molar-refractivity contribution in [2.45, 2.75) is 13.0 Å². The maximum Gasteiger partial charge on any atom is 0.573 e. The molecule has 0 atom stereocenters. The van der Waals surface area contributed by atoms with Crippen LogP contribution in [0, 0.1) is 0 Å². The Labute approximate surface area is 128 Å². The second-order valence-electron chi connectivity index (χ2n) is 4.20. The molecule has 2 rings (SSSR count). The third-order valence-corrected chi connectivity index (χ3v) is 2.53.